The van der Waals surface area contributed by atoms with Crippen LogP contribution in [0.2, 0.25) is 0 Å². The van der Waals surface area contributed by atoms with Crippen LogP contribution in [0.3, 0.4) is 0 Å². The third kappa shape index (κ3) is 1.96. The van der Waals surface area contributed by atoms with Gasteiger partial charge in [0.15, 0.2) is 0 Å². The second-order valence-electron chi connectivity index (χ2n) is 6.36. The number of carbonyl (C=O) groups excluding carboxylic acids is 1. The van der Waals surface area contributed by atoms with Crippen LogP contribution in [0.5, 0.6) is 0 Å². The van der Waals surface area contributed by atoms with E-state index in [0.29, 0.717) is 17.7 Å². The lowest BCUT2D eigenvalue weighted by atomic mass is 9.87. The van der Waals surface area contributed by atoms with Crippen LogP contribution in [0.4, 0.5) is 5.69 Å². The highest BCUT2D eigenvalue weighted by Crippen LogP contribution is 2.40. The number of nitrogens with zero attached hydrogens (tertiary/aromatic N) is 2. The topological polar surface area (TPSA) is 62.1 Å². The largest absolute Gasteiger partial charge is 0.509 e. The molecule has 2 heterocycles. The first-order chi connectivity index (χ1) is 11.0. The number of hydrogen-bond acceptors (Lipinski definition) is 4. The van der Waals surface area contributed by atoms with E-state index in [1.165, 1.54) is 7.11 Å². The quantitative estimate of drug-likeness (QED) is 0.867. The summed E-state index contributed by atoms with van der Waals surface area (Å²) in [5.74, 6) is 0.0469. The smallest absolute Gasteiger partial charge is 0.257 e. The molecule has 0 bridgehead atoms. The molecule has 1 aliphatic carbocycles. The highest BCUT2D eigenvalue weighted by molar-refractivity contribution is 6.11. The van der Waals surface area contributed by atoms with Crippen molar-refractivity contribution in [1.82, 2.24) is 0 Å². The number of rotatable bonds is 1. The fourth-order valence-electron chi connectivity index (χ4n) is 3.47. The Morgan fingerprint density at radius 3 is 2.96 bits per heavy atom. The Bertz CT molecular complexity index is 793. The third-order valence-electron chi connectivity index (χ3n) is 4.96. The number of para-hydroxylation sites is 1. The SMILES string of the molecule is COC1(C)CC2=C(C=C1O)N=C[C@@H]1Cc3ccccc3N1C2=O. The number of aliphatic imine (C=N–C) groups is 1. The summed E-state index contributed by atoms with van der Waals surface area (Å²) < 4.78 is 5.43. The van der Waals surface area contributed by atoms with Gasteiger partial charge in [0.25, 0.3) is 5.91 Å². The van der Waals surface area contributed by atoms with Gasteiger partial charge in [-0.15, -0.1) is 0 Å². The molecule has 0 fully saturated rings. The maximum absolute atomic E-state index is 13.2. The first-order valence-electron chi connectivity index (χ1n) is 7.68. The monoisotopic (exact) mass is 310 g/mol. The van der Waals surface area contributed by atoms with Crippen molar-refractivity contribution in [3.05, 3.63) is 52.9 Å². The number of allylic oxidation sites excluding steroid dienone is 1. The van der Waals surface area contributed by atoms with E-state index in [4.69, 9.17) is 4.74 Å². The van der Waals surface area contributed by atoms with Gasteiger partial charge in [0.05, 0.1) is 11.7 Å². The van der Waals surface area contributed by atoms with Crippen molar-refractivity contribution in [3.63, 3.8) is 0 Å². The fourth-order valence-corrected chi connectivity index (χ4v) is 3.47. The molecule has 0 saturated carbocycles. The first-order valence-corrected chi connectivity index (χ1v) is 7.68. The molecule has 1 aromatic rings. The summed E-state index contributed by atoms with van der Waals surface area (Å²) in [5, 5.41) is 10.2. The van der Waals surface area contributed by atoms with Gasteiger partial charge in [-0.3, -0.25) is 14.7 Å². The number of benzene rings is 1. The Balaban J connectivity index is 1.81. The second-order valence-corrected chi connectivity index (χ2v) is 6.36. The summed E-state index contributed by atoms with van der Waals surface area (Å²) in [6.07, 6.45) is 4.43. The van der Waals surface area contributed by atoms with Crippen LogP contribution in [0.15, 0.2) is 52.4 Å². The molecule has 4 rings (SSSR count). The highest BCUT2D eigenvalue weighted by atomic mass is 16.5. The summed E-state index contributed by atoms with van der Waals surface area (Å²) in [7, 11) is 1.54. The number of aliphatic hydroxyl groups excluding tert-OH is 1. The van der Waals surface area contributed by atoms with E-state index in [1.54, 1.807) is 19.2 Å². The number of anilines is 1. The molecule has 1 aromatic carbocycles. The van der Waals surface area contributed by atoms with Crippen LogP contribution in [-0.4, -0.2) is 36.0 Å². The van der Waals surface area contributed by atoms with Crippen LogP contribution in [0.1, 0.15) is 18.9 Å². The third-order valence-corrected chi connectivity index (χ3v) is 4.96. The standard InChI is InChI=1S/C18H18N2O3/c1-18(23-2)9-13-14(8-16(18)21)19-10-12-7-11-5-3-4-6-15(11)20(12)17(13)22/h3-6,8,10,12,21H,7,9H2,1-2H3/t12-,18?/m0/s1. The van der Waals surface area contributed by atoms with Crippen molar-refractivity contribution in [3.8, 4) is 0 Å². The minimum Gasteiger partial charge on any atom is -0.509 e. The molecule has 1 amide bonds. The van der Waals surface area contributed by atoms with Crippen molar-refractivity contribution < 1.29 is 14.6 Å². The van der Waals surface area contributed by atoms with E-state index in [2.05, 4.69) is 4.99 Å². The maximum Gasteiger partial charge on any atom is 0.257 e. The number of amides is 1. The van der Waals surface area contributed by atoms with Gasteiger partial charge in [-0.25, -0.2) is 0 Å². The molecule has 3 aliphatic rings. The molecule has 1 unspecified atom stereocenters. The Morgan fingerprint density at radius 2 is 2.17 bits per heavy atom. The van der Waals surface area contributed by atoms with Gasteiger partial charge in [0, 0.05) is 43.5 Å². The van der Waals surface area contributed by atoms with Crippen molar-refractivity contribution in [2.75, 3.05) is 12.0 Å². The summed E-state index contributed by atoms with van der Waals surface area (Å²) in [5.41, 5.74) is 2.34. The molecular formula is C18H18N2O3. The lowest BCUT2D eigenvalue weighted by Crippen LogP contribution is -2.41. The normalized spacial score (nSPS) is 29.0. The first kappa shape index (κ1) is 14.2. The van der Waals surface area contributed by atoms with Gasteiger partial charge in [0.1, 0.15) is 11.4 Å². The van der Waals surface area contributed by atoms with Gasteiger partial charge in [0.2, 0.25) is 0 Å². The number of ether oxygens (including phenoxy) is 1. The molecule has 0 radical (unpaired) electrons. The van der Waals surface area contributed by atoms with Crippen LogP contribution in [0, 0.1) is 0 Å². The Hall–Kier alpha value is -2.40. The zero-order valence-corrected chi connectivity index (χ0v) is 13.1. The van der Waals surface area contributed by atoms with Gasteiger partial charge >= 0.3 is 0 Å². The number of methoxy groups -OCH3 is 1. The minimum absolute atomic E-state index is 0.0560. The molecule has 0 aromatic heterocycles. The average molecular weight is 310 g/mol. The molecule has 118 valence electrons. The van der Waals surface area contributed by atoms with Crippen molar-refractivity contribution in [2.45, 2.75) is 31.4 Å². The molecule has 0 spiro atoms. The summed E-state index contributed by atoms with van der Waals surface area (Å²) >= 11 is 0. The molecule has 23 heavy (non-hydrogen) atoms. The molecular weight excluding hydrogens is 292 g/mol. The van der Waals surface area contributed by atoms with Gasteiger partial charge in [-0.1, -0.05) is 18.2 Å². The molecule has 2 atom stereocenters. The molecule has 2 aliphatic heterocycles. The van der Waals surface area contributed by atoms with Gasteiger partial charge < -0.3 is 9.84 Å². The van der Waals surface area contributed by atoms with Crippen LogP contribution < -0.4 is 4.90 Å². The number of fused-ring (bicyclic) bond motifs is 3. The fraction of sp³-hybridized carbons (Fsp3) is 0.333. The van der Waals surface area contributed by atoms with Gasteiger partial charge in [-0.2, -0.15) is 0 Å². The lowest BCUT2D eigenvalue weighted by molar-refractivity contribution is -0.116. The maximum atomic E-state index is 13.2. The van der Waals surface area contributed by atoms with E-state index < -0.39 is 5.60 Å². The van der Waals surface area contributed by atoms with E-state index in [1.807, 2.05) is 29.2 Å². The Labute approximate surface area is 134 Å². The van der Waals surface area contributed by atoms with Crippen molar-refractivity contribution in [1.29, 1.82) is 0 Å². The summed E-state index contributed by atoms with van der Waals surface area (Å²) in [4.78, 5) is 19.4. The molecule has 5 nitrogen and oxygen atoms in total. The van der Waals surface area contributed by atoms with Crippen LogP contribution in [-0.2, 0) is 16.0 Å². The van der Waals surface area contributed by atoms with Crippen LogP contribution in [0.25, 0.3) is 0 Å². The van der Waals surface area contributed by atoms with E-state index in [0.717, 1.165) is 17.7 Å². The zero-order chi connectivity index (χ0) is 16.2. The zero-order valence-electron chi connectivity index (χ0n) is 13.1. The molecule has 5 heteroatoms. The van der Waals surface area contributed by atoms with E-state index in [-0.39, 0.29) is 17.7 Å². The minimum atomic E-state index is -0.886. The van der Waals surface area contributed by atoms with Crippen molar-refractivity contribution >= 4 is 17.8 Å². The average Bonchev–Trinajstić information content (AvgIpc) is 2.87. The predicted molar refractivity (Wildman–Crippen MR) is 87.7 cm³/mol. The van der Waals surface area contributed by atoms with Crippen molar-refractivity contribution in [2.24, 2.45) is 4.99 Å². The number of hydrogen-bond donors (Lipinski definition) is 1. The van der Waals surface area contributed by atoms with E-state index in [9.17, 15) is 9.90 Å². The van der Waals surface area contributed by atoms with E-state index >= 15 is 0 Å². The summed E-state index contributed by atoms with van der Waals surface area (Å²) in [6.45, 7) is 1.78. The highest BCUT2D eigenvalue weighted by Gasteiger charge is 2.42. The summed E-state index contributed by atoms with van der Waals surface area (Å²) in [6, 6.07) is 7.87. The van der Waals surface area contributed by atoms with Crippen LogP contribution >= 0.6 is 0 Å². The second kappa shape index (κ2) is 4.80. The Kier molecular flexibility index (Phi) is 2.96. The van der Waals surface area contributed by atoms with Gasteiger partial charge in [-0.05, 0) is 18.6 Å². The predicted octanol–water partition coefficient (Wildman–Crippen LogP) is 2.53. The Morgan fingerprint density at radius 1 is 1.39 bits per heavy atom. The molecule has 0 saturated heterocycles. The molecule has 1 N–H and O–H groups in total. The number of aliphatic hydroxyl groups is 1. The number of carbonyl (C=O) groups is 1. The lowest BCUT2D eigenvalue weighted by Gasteiger charge is -2.32.